The quantitative estimate of drug-likeness (QED) is 0.156. The number of pyridine rings is 3. The average molecular weight is 717 g/mol. The third kappa shape index (κ3) is 6.78. The van der Waals surface area contributed by atoms with Gasteiger partial charge >= 0.3 is 0 Å². The van der Waals surface area contributed by atoms with E-state index in [1.54, 1.807) is 4.52 Å². The molecule has 266 valence electrons. The molecule has 11 nitrogen and oxygen atoms in total. The van der Waals surface area contributed by atoms with Crippen molar-refractivity contribution in [1.82, 2.24) is 34.4 Å². The fourth-order valence-electron chi connectivity index (χ4n) is 7.68. The van der Waals surface area contributed by atoms with Crippen molar-refractivity contribution in [3.05, 3.63) is 100 Å². The molecule has 4 aromatic heterocycles. The van der Waals surface area contributed by atoms with Crippen molar-refractivity contribution >= 4 is 45.4 Å². The number of likely N-dealkylation sites (tertiary alicyclic amines) is 2. The third-order valence-corrected chi connectivity index (χ3v) is 10.8. The first kappa shape index (κ1) is 34.3. The summed E-state index contributed by atoms with van der Waals surface area (Å²) in [6, 6.07) is 18.5. The lowest BCUT2D eigenvalue weighted by molar-refractivity contribution is -0.125. The number of aliphatic hydroxyl groups excluding tert-OH is 2. The Hall–Kier alpha value is -4.78. The predicted molar refractivity (Wildman–Crippen MR) is 203 cm³/mol. The van der Waals surface area contributed by atoms with E-state index in [4.69, 9.17) is 26.7 Å². The first-order valence-corrected chi connectivity index (χ1v) is 18.1. The van der Waals surface area contributed by atoms with Gasteiger partial charge in [-0.25, -0.2) is 14.5 Å². The summed E-state index contributed by atoms with van der Waals surface area (Å²) in [5.41, 5.74) is 9.62. The van der Waals surface area contributed by atoms with Crippen molar-refractivity contribution in [2.24, 2.45) is 5.92 Å². The average Bonchev–Trinajstić information content (AvgIpc) is 3.89. The number of hydrogen-bond acceptors (Lipinski definition) is 10. The summed E-state index contributed by atoms with van der Waals surface area (Å²) in [5.74, 6) is 1.06. The van der Waals surface area contributed by atoms with Gasteiger partial charge in [0.15, 0.2) is 23.1 Å². The molecule has 0 spiro atoms. The SMILES string of the molecule is Cc1c(Nc2nccc3cc(CN4CC[C@@H](O)C4)cnc23)cccc1-c1cccc(-c2nc3c(Cl)cc(CN4CC[C@@H](C(=O)CO)C4)cn3n2)c1C. The van der Waals surface area contributed by atoms with Gasteiger partial charge in [0.1, 0.15) is 12.1 Å². The Morgan fingerprint density at radius 1 is 0.923 bits per heavy atom. The molecule has 0 aliphatic carbocycles. The van der Waals surface area contributed by atoms with E-state index in [-0.39, 0.29) is 17.8 Å². The minimum absolute atomic E-state index is 0.0998. The molecule has 0 amide bonds. The zero-order chi connectivity index (χ0) is 35.9. The molecule has 0 unspecified atom stereocenters. The number of aliphatic hydroxyl groups is 2. The molecule has 6 aromatic rings. The summed E-state index contributed by atoms with van der Waals surface area (Å²) in [6.07, 6.45) is 6.99. The molecule has 2 aliphatic rings. The van der Waals surface area contributed by atoms with Crippen LogP contribution in [0.25, 0.3) is 39.1 Å². The lowest BCUT2D eigenvalue weighted by Crippen LogP contribution is -2.24. The maximum Gasteiger partial charge on any atom is 0.182 e. The normalized spacial score (nSPS) is 18.2. The molecule has 2 saturated heterocycles. The second kappa shape index (κ2) is 14.3. The minimum Gasteiger partial charge on any atom is -0.392 e. The second-order valence-electron chi connectivity index (χ2n) is 14.1. The van der Waals surface area contributed by atoms with Crippen LogP contribution >= 0.6 is 11.6 Å². The topological polar surface area (TPSA) is 132 Å². The number of Topliss-reactive ketones (excluding diaryl/α,β-unsaturated/α-hetero) is 1. The number of nitrogens with zero attached hydrogens (tertiary/aromatic N) is 7. The Morgan fingerprint density at radius 3 is 2.48 bits per heavy atom. The number of hydrogen-bond donors (Lipinski definition) is 3. The lowest BCUT2D eigenvalue weighted by atomic mass is 9.92. The van der Waals surface area contributed by atoms with Crippen LogP contribution in [0, 0.1) is 19.8 Å². The maximum absolute atomic E-state index is 12.0. The molecular formula is C40H41ClN8O3. The van der Waals surface area contributed by atoms with Crippen LogP contribution in [-0.4, -0.2) is 89.3 Å². The van der Waals surface area contributed by atoms with Crippen LogP contribution in [0.5, 0.6) is 0 Å². The van der Waals surface area contributed by atoms with Crippen molar-refractivity contribution < 1.29 is 15.0 Å². The number of carbonyl (C=O) groups excluding carboxylic acids is 1. The number of rotatable bonds is 10. The first-order chi connectivity index (χ1) is 25.2. The summed E-state index contributed by atoms with van der Waals surface area (Å²) in [6.45, 7) is 8.20. The molecule has 0 bridgehead atoms. The van der Waals surface area contributed by atoms with Crippen molar-refractivity contribution in [1.29, 1.82) is 0 Å². The highest BCUT2D eigenvalue weighted by molar-refractivity contribution is 6.33. The smallest absolute Gasteiger partial charge is 0.182 e. The van der Waals surface area contributed by atoms with Gasteiger partial charge in [-0.3, -0.25) is 19.6 Å². The Morgan fingerprint density at radius 2 is 1.67 bits per heavy atom. The van der Waals surface area contributed by atoms with Gasteiger partial charge in [-0.2, -0.15) is 0 Å². The molecule has 52 heavy (non-hydrogen) atoms. The second-order valence-corrected chi connectivity index (χ2v) is 14.5. The van der Waals surface area contributed by atoms with Gasteiger partial charge in [-0.05, 0) is 90.9 Å². The number of benzene rings is 2. The first-order valence-electron chi connectivity index (χ1n) is 17.8. The Bertz CT molecular complexity index is 2310. The fourth-order valence-corrected chi connectivity index (χ4v) is 7.95. The number of halogens is 1. The van der Waals surface area contributed by atoms with Crippen LogP contribution in [0.3, 0.4) is 0 Å². The third-order valence-electron chi connectivity index (χ3n) is 10.5. The van der Waals surface area contributed by atoms with Crippen molar-refractivity contribution in [2.45, 2.75) is 45.9 Å². The van der Waals surface area contributed by atoms with E-state index in [1.165, 1.54) is 0 Å². The Labute approximate surface area is 306 Å². The molecule has 6 heterocycles. The van der Waals surface area contributed by atoms with Gasteiger partial charge in [-0.1, -0.05) is 41.9 Å². The number of anilines is 2. The molecule has 2 fully saturated rings. The molecule has 0 radical (unpaired) electrons. The molecule has 2 aliphatic heterocycles. The van der Waals surface area contributed by atoms with Gasteiger partial charge in [-0.15, -0.1) is 5.10 Å². The monoisotopic (exact) mass is 716 g/mol. The van der Waals surface area contributed by atoms with Gasteiger partial charge in [0, 0.05) is 73.9 Å². The van der Waals surface area contributed by atoms with Gasteiger partial charge < -0.3 is 15.5 Å². The van der Waals surface area contributed by atoms with Crippen LogP contribution < -0.4 is 5.32 Å². The zero-order valence-corrected chi connectivity index (χ0v) is 30.0. The summed E-state index contributed by atoms with van der Waals surface area (Å²) in [7, 11) is 0. The van der Waals surface area contributed by atoms with E-state index < -0.39 is 6.61 Å². The van der Waals surface area contributed by atoms with E-state index in [1.807, 2.05) is 48.9 Å². The summed E-state index contributed by atoms with van der Waals surface area (Å²) in [5, 5.41) is 29.1. The molecule has 3 N–H and O–H groups in total. The highest BCUT2D eigenvalue weighted by atomic mass is 35.5. The lowest BCUT2D eigenvalue weighted by Gasteiger charge is -2.17. The Kier molecular flexibility index (Phi) is 9.45. The van der Waals surface area contributed by atoms with E-state index in [0.29, 0.717) is 41.9 Å². The number of ketones is 1. The molecule has 2 aromatic carbocycles. The summed E-state index contributed by atoms with van der Waals surface area (Å²) < 4.78 is 1.74. The predicted octanol–water partition coefficient (Wildman–Crippen LogP) is 5.97. The molecular weight excluding hydrogens is 676 g/mol. The molecule has 0 saturated carbocycles. The van der Waals surface area contributed by atoms with Crippen LogP contribution in [0.1, 0.15) is 35.1 Å². The minimum atomic E-state index is -0.408. The Balaban J connectivity index is 1.04. The van der Waals surface area contributed by atoms with E-state index in [2.05, 4.69) is 58.2 Å². The number of carbonyl (C=O) groups is 1. The fraction of sp³-hybridized carbons (Fsp3) is 0.325. The van der Waals surface area contributed by atoms with Crippen molar-refractivity contribution in [2.75, 3.05) is 38.1 Å². The van der Waals surface area contributed by atoms with Gasteiger partial charge in [0.05, 0.1) is 11.1 Å². The molecule has 8 rings (SSSR count). The number of aromatic nitrogens is 5. The highest BCUT2D eigenvalue weighted by Crippen LogP contribution is 2.36. The summed E-state index contributed by atoms with van der Waals surface area (Å²) >= 11 is 6.75. The van der Waals surface area contributed by atoms with Crippen LogP contribution in [0.15, 0.2) is 73.2 Å². The summed E-state index contributed by atoms with van der Waals surface area (Å²) in [4.78, 5) is 30.8. The van der Waals surface area contributed by atoms with E-state index in [0.717, 1.165) is 88.0 Å². The largest absolute Gasteiger partial charge is 0.392 e. The standard InChI is InChI=1S/C40H41ClN8O3/c1-24-31(5-3-7-33(24)38-45-40-34(41)16-27(20-49(40)46-38)19-47-13-10-29(21-47)36(52)23-50)32-6-4-8-35(25(32)2)44-39-37-28(9-12-42-39)15-26(17-43-37)18-48-14-11-30(51)22-48/h3-9,12,15-17,20,29-30,50-51H,10-11,13-14,18-19,21-23H2,1-2H3,(H,42,44)/t29-,30-/m1/s1. The molecule has 2 atom stereocenters. The zero-order valence-electron chi connectivity index (χ0n) is 29.3. The van der Waals surface area contributed by atoms with E-state index >= 15 is 0 Å². The van der Waals surface area contributed by atoms with Crippen LogP contribution in [0.2, 0.25) is 5.02 Å². The van der Waals surface area contributed by atoms with Gasteiger partial charge in [0.25, 0.3) is 0 Å². The van der Waals surface area contributed by atoms with Crippen molar-refractivity contribution in [3.63, 3.8) is 0 Å². The number of β-amino-alcohol motifs (C(OH)–C–C–N with tert-alkyl or cyclic N) is 1. The maximum atomic E-state index is 12.0. The van der Waals surface area contributed by atoms with Crippen LogP contribution in [0.4, 0.5) is 11.5 Å². The van der Waals surface area contributed by atoms with Gasteiger partial charge in [0.2, 0.25) is 0 Å². The van der Waals surface area contributed by atoms with E-state index in [9.17, 15) is 15.0 Å². The number of nitrogens with one attached hydrogen (secondary N) is 1. The van der Waals surface area contributed by atoms with Crippen LogP contribution in [-0.2, 0) is 17.9 Å². The molecule has 12 heteroatoms. The number of fused-ring (bicyclic) bond motifs is 2. The van der Waals surface area contributed by atoms with Crippen molar-refractivity contribution in [3.8, 4) is 22.5 Å². The highest BCUT2D eigenvalue weighted by Gasteiger charge is 2.28.